The van der Waals surface area contributed by atoms with Gasteiger partial charge in [-0.2, -0.15) is 0 Å². The molecule has 2 heteroatoms. The molecule has 0 unspecified atom stereocenters. The zero-order chi connectivity index (χ0) is 8.10. The normalized spacial score (nSPS) is 10.2. The Bertz CT molecular complexity index is 264. The minimum Gasteiger partial charge on any atom is -0.509 e. The summed E-state index contributed by atoms with van der Waals surface area (Å²) in [7, 11) is 0. The van der Waals surface area contributed by atoms with E-state index in [-0.39, 0.29) is 5.76 Å². The van der Waals surface area contributed by atoms with Crippen LogP contribution in [-0.4, -0.2) is 10.1 Å². The Hall–Kier alpha value is -1.57. The third-order valence-corrected chi connectivity index (χ3v) is 1.13. The molecule has 0 bridgehead atoms. The molecule has 0 atom stereocenters. The fourth-order valence-electron chi connectivity index (χ4n) is 0.656. The van der Waals surface area contributed by atoms with Crippen LogP contribution in [0.1, 0.15) is 5.69 Å². The van der Waals surface area contributed by atoms with Gasteiger partial charge in [-0.15, -0.1) is 0 Å². The second kappa shape index (κ2) is 3.56. The lowest BCUT2D eigenvalue weighted by Gasteiger charge is -1.88. The molecule has 11 heavy (non-hydrogen) atoms. The van der Waals surface area contributed by atoms with Crippen LogP contribution in [0.5, 0.6) is 0 Å². The molecule has 0 saturated carbocycles. The fourth-order valence-corrected chi connectivity index (χ4v) is 0.656. The summed E-state index contributed by atoms with van der Waals surface area (Å²) in [6.45, 7) is 3.31. The number of aliphatic hydroxyl groups is 1. The first-order chi connectivity index (χ1) is 5.29. The van der Waals surface area contributed by atoms with Gasteiger partial charge in [0.15, 0.2) is 0 Å². The third-order valence-electron chi connectivity index (χ3n) is 1.13. The lowest BCUT2D eigenvalue weighted by Crippen LogP contribution is -1.76. The summed E-state index contributed by atoms with van der Waals surface area (Å²) < 4.78 is 0. The Morgan fingerprint density at radius 1 is 1.55 bits per heavy atom. The van der Waals surface area contributed by atoms with Crippen molar-refractivity contribution in [3.8, 4) is 0 Å². The lowest BCUT2D eigenvalue weighted by molar-refractivity contribution is 0.436. The van der Waals surface area contributed by atoms with Crippen molar-refractivity contribution in [2.24, 2.45) is 0 Å². The summed E-state index contributed by atoms with van der Waals surface area (Å²) in [6, 6.07) is 5.57. The number of aliphatic hydroxyl groups excluding tert-OH is 1. The van der Waals surface area contributed by atoms with Crippen LogP contribution in [0, 0.1) is 0 Å². The molecule has 2 nitrogen and oxygen atoms in total. The van der Waals surface area contributed by atoms with Gasteiger partial charge < -0.3 is 5.11 Å². The lowest BCUT2D eigenvalue weighted by atomic mass is 10.3. The van der Waals surface area contributed by atoms with Gasteiger partial charge in [-0.3, -0.25) is 4.98 Å². The zero-order valence-corrected chi connectivity index (χ0v) is 6.07. The van der Waals surface area contributed by atoms with E-state index in [2.05, 4.69) is 11.6 Å². The van der Waals surface area contributed by atoms with Crippen LogP contribution in [0.15, 0.2) is 42.8 Å². The van der Waals surface area contributed by atoms with Gasteiger partial charge in [0.05, 0.1) is 5.69 Å². The monoisotopic (exact) mass is 147 g/mol. The molecular weight excluding hydrogens is 138 g/mol. The number of aromatic nitrogens is 1. The van der Waals surface area contributed by atoms with E-state index in [0.717, 1.165) is 5.69 Å². The largest absolute Gasteiger partial charge is 0.509 e. The van der Waals surface area contributed by atoms with Crippen LogP contribution < -0.4 is 0 Å². The van der Waals surface area contributed by atoms with Gasteiger partial charge in [0.1, 0.15) is 5.76 Å². The summed E-state index contributed by atoms with van der Waals surface area (Å²) in [5.74, 6) is 0.0376. The predicted octanol–water partition coefficient (Wildman–Crippen LogP) is 2.17. The van der Waals surface area contributed by atoms with Gasteiger partial charge in [-0.1, -0.05) is 12.6 Å². The highest BCUT2D eigenvalue weighted by atomic mass is 16.3. The van der Waals surface area contributed by atoms with Crippen LogP contribution in [0.3, 0.4) is 0 Å². The number of allylic oxidation sites excluding steroid dienone is 1. The van der Waals surface area contributed by atoms with E-state index < -0.39 is 0 Å². The molecule has 1 aromatic heterocycles. The zero-order valence-electron chi connectivity index (χ0n) is 6.07. The van der Waals surface area contributed by atoms with Crippen molar-refractivity contribution in [3.63, 3.8) is 0 Å². The molecule has 0 radical (unpaired) electrons. The second-order valence-corrected chi connectivity index (χ2v) is 2.08. The summed E-state index contributed by atoms with van der Waals surface area (Å²) in [4.78, 5) is 4.01. The van der Waals surface area contributed by atoms with E-state index in [1.165, 1.54) is 6.08 Å². The summed E-state index contributed by atoms with van der Waals surface area (Å²) in [5.41, 5.74) is 0.808. The Kier molecular flexibility index (Phi) is 2.44. The molecule has 0 amide bonds. The minimum absolute atomic E-state index is 0.0376. The molecule has 0 aliphatic rings. The average Bonchev–Trinajstić information content (AvgIpc) is 2.03. The Morgan fingerprint density at radius 2 is 2.36 bits per heavy atom. The number of hydrogen-bond acceptors (Lipinski definition) is 2. The molecule has 0 saturated heterocycles. The number of pyridine rings is 1. The van der Waals surface area contributed by atoms with Gasteiger partial charge in [-0.05, 0) is 24.3 Å². The highest BCUT2D eigenvalue weighted by molar-refractivity contribution is 5.46. The maximum Gasteiger partial charge on any atom is 0.108 e. The molecular formula is C9H9NO. The van der Waals surface area contributed by atoms with Crippen molar-refractivity contribution in [1.82, 2.24) is 4.98 Å². The SMILES string of the molecule is C=C(O)/C=C\c1ccccn1. The van der Waals surface area contributed by atoms with Crippen molar-refractivity contribution < 1.29 is 5.11 Å². The van der Waals surface area contributed by atoms with Gasteiger partial charge in [-0.25, -0.2) is 0 Å². The Morgan fingerprint density at radius 3 is 2.91 bits per heavy atom. The molecule has 56 valence electrons. The molecule has 0 aromatic carbocycles. The molecule has 1 N–H and O–H groups in total. The van der Waals surface area contributed by atoms with Crippen LogP contribution >= 0.6 is 0 Å². The maximum absolute atomic E-state index is 8.70. The number of hydrogen-bond donors (Lipinski definition) is 1. The van der Waals surface area contributed by atoms with Crippen molar-refractivity contribution in [1.29, 1.82) is 0 Å². The van der Waals surface area contributed by atoms with Crippen molar-refractivity contribution in [2.45, 2.75) is 0 Å². The summed E-state index contributed by atoms with van der Waals surface area (Å²) >= 11 is 0. The topological polar surface area (TPSA) is 33.1 Å². The van der Waals surface area contributed by atoms with Gasteiger partial charge >= 0.3 is 0 Å². The molecule has 1 heterocycles. The Labute approximate surface area is 65.5 Å². The molecule has 0 fully saturated rings. The van der Waals surface area contributed by atoms with Crippen molar-refractivity contribution >= 4 is 6.08 Å². The van der Waals surface area contributed by atoms with Gasteiger partial charge in [0.2, 0.25) is 0 Å². The van der Waals surface area contributed by atoms with Crippen molar-refractivity contribution in [3.05, 3.63) is 48.5 Å². The quantitative estimate of drug-likeness (QED) is 0.513. The molecule has 0 spiro atoms. The second-order valence-electron chi connectivity index (χ2n) is 2.08. The summed E-state index contributed by atoms with van der Waals surface area (Å²) in [6.07, 6.45) is 4.89. The first-order valence-corrected chi connectivity index (χ1v) is 3.26. The first-order valence-electron chi connectivity index (χ1n) is 3.26. The molecule has 1 aromatic rings. The highest BCUT2D eigenvalue weighted by Gasteiger charge is 1.83. The standard InChI is InChI=1S/C9H9NO/c1-8(11)5-6-9-4-2-3-7-10-9/h2-7,11H,1H2/b6-5-. The first kappa shape index (κ1) is 7.54. The number of nitrogens with zero attached hydrogens (tertiary/aromatic N) is 1. The maximum atomic E-state index is 8.70. The molecule has 1 rings (SSSR count). The van der Waals surface area contributed by atoms with E-state index in [4.69, 9.17) is 5.11 Å². The van der Waals surface area contributed by atoms with Crippen LogP contribution in [0.4, 0.5) is 0 Å². The fraction of sp³-hybridized carbons (Fsp3) is 0. The minimum atomic E-state index is 0.0376. The van der Waals surface area contributed by atoms with Crippen LogP contribution in [-0.2, 0) is 0 Å². The van der Waals surface area contributed by atoms with E-state index in [1.54, 1.807) is 12.3 Å². The van der Waals surface area contributed by atoms with Gasteiger partial charge in [0.25, 0.3) is 0 Å². The van der Waals surface area contributed by atoms with E-state index >= 15 is 0 Å². The number of rotatable bonds is 2. The van der Waals surface area contributed by atoms with Crippen molar-refractivity contribution in [2.75, 3.05) is 0 Å². The third kappa shape index (κ3) is 2.67. The van der Waals surface area contributed by atoms with E-state index in [9.17, 15) is 0 Å². The predicted molar refractivity (Wildman–Crippen MR) is 45.0 cm³/mol. The summed E-state index contributed by atoms with van der Waals surface area (Å²) in [5, 5.41) is 8.70. The van der Waals surface area contributed by atoms with Crippen LogP contribution in [0.2, 0.25) is 0 Å². The molecule has 0 aliphatic carbocycles. The average molecular weight is 147 g/mol. The van der Waals surface area contributed by atoms with Crippen LogP contribution in [0.25, 0.3) is 6.08 Å². The van der Waals surface area contributed by atoms with E-state index in [0.29, 0.717) is 0 Å². The Balaban J connectivity index is 2.72. The molecule has 0 aliphatic heterocycles. The highest BCUT2D eigenvalue weighted by Crippen LogP contribution is 1.97. The van der Waals surface area contributed by atoms with Gasteiger partial charge in [0, 0.05) is 6.20 Å². The van der Waals surface area contributed by atoms with E-state index in [1.807, 2.05) is 18.2 Å². The smallest absolute Gasteiger partial charge is 0.108 e.